The number of hydrogen-bond acceptors (Lipinski definition) is 5. The van der Waals surface area contributed by atoms with Crippen molar-refractivity contribution in [2.45, 2.75) is 70.6 Å². The normalized spacial score (nSPS) is 10.9. The van der Waals surface area contributed by atoms with E-state index in [2.05, 4.69) is 52.4 Å². The molecule has 0 spiro atoms. The first-order valence-electron chi connectivity index (χ1n) is 13.0. The van der Waals surface area contributed by atoms with E-state index in [-0.39, 0.29) is 5.88 Å². The molecule has 0 radical (unpaired) electrons. The minimum atomic E-state index is -2.97. The van der Waals surface area contributed by atoms with Gasteiger partial charge in [0.05, 0.1) is 22.9 Å². The Kier molecular flexibility index (Phi) is 11.5. The van der Waals surface area contributed by atoms with Gasteiger partial charge in [0, 0.05) is 10.6 Å². The number of benzene rings is 3. The molecule has 0 N–H and O–H groups in total. The maximum Gasteiger partial charge on any atom is 0.388 e. The van der Waals surface area contributed by atoms with Crippen molar-refractivity contribution in [2.24, 2.45) is 4.99 Å². The summed E-state index contributed by atoms with van der Waals surface area (Å²) in [6.45, 7) is 8.89. The van der Waals surface area contributed by atoms with Crippen LogP contribution in [0.15, 0.2) is 58.5 Å². The molecule has 0 unspecified atom stereocenters. The highest BCUT2D eigenvalue weighted by atomic mass is 32.2. The highest BCUT2D eigenvalue weighted by molar-refractivity contribution is 7.98. The molecule has 0 saturated carbocycles. The van der Waals surface area contributed by atoms with Gasteiger partial charge in [0.2, 0.25) is 5.88 Å². The van der Waals surface area contributed by atoms with Crippen molar-refractivity contribution in [1.29, 1.82) is 0 Å². The minimum Gasteiger partial charge on any atom is -0.415 e. The maximum atomic E-state index is 13.5. The van der Waals surface area contributed by atoms with Crippen LogP contribution in [0.25, 0.3) is 11.0 Å². The summed E-state index contributed by atoms with van der Waals surface area (Å²) in [5.41, 5.74) is 6.59. The monoisotopic (exact) mass is 571 g/mol. The number of rotatable bonds is 10. The lowest BCUT2D eigenvalue weighted by Gasteiger charge is -2.13. The van der Waals surface area contributed by atoms with E-state index < -0.39 is 18.2 Å². The molecule has 40 heavy (non-hydrogen) atoms. The molecule has 0 aliphatic rings. The molecule has 4 aromatic rings. The highest BCUT2D eigenvalue weighted by Crippen LogP contribution is 2.37. The summed E-state index contributed by atoms with van der Waals surface area (Å²) in [6, 6.07) is 11.9. The quantitative estimate of drug-likeness (QED) is 0.108. The van der Waals surface area contributed by atoms with Crippen molar-refractivity contribution in [3.8, 4) is 5.88 Å². The van der Waals surface area contributed by atoms with E-state index in [1.54, 1.807) is 23.9 Å². The predicted octanol–water partition coefficient (Wildman–Crippen LogP) is 9.34. The molecular weight excluding hydrogens is 538 g/mol. The number of alkyl halides is 2. The fourth-order valence-electron chi connectivity index (χ4n) is 4.22. The summed E-state index contributed by atoms with van der Waals surface area (Å²) in [5.74, 6) is -1.35. The number of fused-ring (bicyclic) bond motifs is 1. The first kappa shape index (κ1) is 31.1. The molecule has 4 nitrogen and oxygen atoms in total. The zero-order valence-corrected chi connectivity index (χ0v) is 23.9. The van der Waals surface area contributed by atoms with Crippen LogP contribution in [0.4, 0.5) is 23.2 Å². The number of thioether (sulfide) groups is 1. The molecule has 0 aliphatic heterocycles. The lowest BCUT2D eigenvalue weighted by Crippen LogP contribution is -2.04. The molecule has 0 aliphatic carbocycles. The largest absolute Gasteiger partial charge is 0.415 e. The Morgan fingerprint density at radius 3 is 2.38 bits per heavy atom. The van der Waals surface area contributed by atoms with Gasteiger partial charge in [0.15, 0.2) is 11.6 Å². The molecule has 3 aromatic carbocycles. The molecule has 1 aromatic heterocycles. The highest BCUT2D eigenvalue weighted by Gasteiger charge is 2.13. The fraction of sp³-hybridized carbons (Fsp3) is 0.323. The van der Waals surface area contributed by atoms with Crippen LogP contribution in [-0.4, -0.2) is 23.3 Å². The summed E-state index contributed by atoms with van der Waals surface area (Å²) in [5, 5.41) is 0. The fourth-order valence-corrected chi connectivity index (χ4v) is 5.34. The third-order valence-electron chi connectivity index (χ3n) is 5.84. The van der Waals surface area contributed by atoms with Crippen LogP contribution < -0.4 is 4.74 Å². The zero-order valence-electron chi connectivity index (χ0n) is 23.1. The van der Waals surface area contributed by atoms with Gasteiger partial charge in [-0.15, -0.1) is 11.8 Å². The Morgan fingerprint density at radius 2 is 1.70 bits per heavy atom. The Hall–Kier alpha value is -3.46. The van der Waals surface area contributed by atoms with Crippen molar-refractivity contribution in [2.75, 3.05) is 0 Å². The van der Waals surface area contributed by atoms with Gasteiger partial charge >= 0.3 is 6.61 Å². The average molecular weight is 572 g/mol. The number of hydrogen-bond donors (Lipinski definition) is 0. The standard InChI is InChI=1S/C28H25F4N3OS.C3H8/c1-16-9-20(27-23(10-16)35-25(14-34-27)36-28(31)32)15-37-24-13-19(11-17(2)26(24)33-3)6-4-5-18-7-8-21(29)22(30)12-18;1-3-2/h7-14,28H,3-6,15H2,1-2H3;3H2,1-2H3. The summed E-state index contributed by atoms with van der Waals surface area (Å²) in [7, 11) is 0. The maximum absolute atomic E-state index is 13.5. The lowest BCUT2D eigenvalue weighted by molar-refractivity contribution is -0.0528. The Morgan fingerprint density at radius 1 is 0.975 bits per heavy atom. The van der Waals surface area contributed by atoms with Gasteiger partial charge < -0.3 is 4.74 Å². The first-order chi connectivity index (χ1) is 19.1. The topological polar surface area (TPSA) is 47.4 Å². The zero-order chi connectivity index (χ0) is 29.2. The van der Waals surface area contributed by atoms with Gasteiger partial charge in [-0.05, 0) is 91.9 Å². The van der Waals surface area contributed by atoms with Gasteiger partial charge in [-0.1, -0.05) is 38.5 Å². The molecule has 0 amide bonds. The van der Waals surface area contributed by atoms with Crippen LogP contribution >= 0.6 is 11.8 Å². The van der Waals surface area contributed by atoms with E-state index in [0.29, 0.717) is 23.2 Å². The summed E-state index contributed by atoms with van der Waals surface area (Å²) >= 11 is 1.58. The second-order valence-corrected chi connectivity index (χ2v) is 10.4. The number of ether oxygens (including phenoxy) is 1. The van der Waals surface area contributed by atoms with Crippen LogP contribution in [0.1, 0.15) is 54.5 Å². The lowest BCUT2D eigenvalue weighted by atomic mass is 10.0. The molecule has 0 fully saturated rings. The van der Waals surface area contributed by atoms with Crippen molar-refractivity contribution < 1.29 is 22.3 Å². The summed E-state index contributed by atoms with van der Waals surface area (Å²) in [4.78, 5) is 13.7. The molecule has 1 heterocycles. The molecule has 0 atom stereocenters. The van der Waals surface area contributed by atoms with E-state index in [1.165, 1.54) is 18.7 Å². The summed E-state index contributed by atoms with van der Waals surface area (Å²) < 4.78 is 56.2. The van der Waals surface area contributed by atoms with Crippen LogP contribution in [0.5, 0.6) is 5.88 Å². The molecule has 0 saturated heterocycles. The number of aryl methyl sites for hydroxylation is 4. The number of halogens is 4. The van der Waals surface area contributed by atoms with E-state index >= 15 is 0 Å². The van der Waals surface area contributed by atoms with E-state index in [9.17, 15) is 17.6 Å². The number of nitrogens with zero attached hydrogens (tertiary/aromatic N) is 3. The van der Waals surface area contributed by atoms with Crippen LogP contribution in [0.3, 0.4) is 0 Å². The van der Waals surface area contributed by atoms with E-state index in [4.69, 9.17) is 0 Å². The molecule has 9 heteroatoms. The van der Waals surface area contributed by atoms with Crippen molar-refractivity contribution in [3.63, 3.8) is 0 Å². The number of aliphatic imine (C=N–C) groups is 1. The van der Waals surface area contributed by atoms with Gasteiger partial charge in [-0.3, -0.25) is 4.99 Å². The first-order valence-corrected chi connectivity index (χ1v) is 14.0. The number of aromatic nitrogens is 2. The average Bonchev–Trinajstić information content (AvgIpc) is 2.89. The van der Waals surface area contributed by atoms with Gasteiger partial charge in [-0.25, -0.2) is 18.7 Å². The second-order valence-electron chi connectivity index (χ2n) is 9.39. The molecule has 0 bridgehead atoms. The second kappa shape index (κ2) is 14.8. The molecule has 4 rings (SSSR count). The van der Waals surface area contributed by atoms with E-state index in [0.717, 1.165) is 57.3 Å². The van der Waals surface area contributed by atoms with Crippen LogP contribution in [-0.2, 0) is 18.6 Å². The molecular formula is C31H33F4N3OS. The van der Waals surface area contributed by atoms with Crippen molar-refractivity contribution >= 4 is 35.2 Å². The third-order valence-corrected chi connectivity index (χ3v) is 6.92. The van der Waals surface area contributed by atoms with Gasteiger partial charge in [-0.2, -0.15) is 8.78 Å². The van der Waals surface area contributed by atoms with Gasteiger partial charge in [0.25, 0.3) is 0 Å². The third kappa shape index (κ3) is 8.52. The van der Waals surface area contributed by atoms with E-state index in [1.807, 2.05) is 19.9 Å². The van der Waals surface area contributed by atoms with Gasteiger partial charge in [0.1, 0.15) is 0 Å². The van der Waals surface area contributed by atoms with Crippen LogP contribution in [0, 0.1) is 25.5 Å². The molecule has 212 valence electrons. The summed E-state index contributed by atoms with van der Waals surface area (Å²) in [6.07, 6.45) is 4.62. The Labute approximate surface area is 236 Å². The Balaban J connectivity index is 0.00000141. The minimum absolute atomic E-state index is 0.225. The van der Waals surface area contributed by atoms with Crippen molar-refractivity contribution in [1.82, 2.24) is 9.97 Å². The predicted molar refractivity (Wildman–Crippen MR) is 155 cm³/mol. The SMILES string of the molecule is C=Nc1c(C)cc(CCCc2ccc(F)c(F)c2)cc1SCc1cc(C)cc2nc(OC(F)F)cnc12.CCC. The van der Waals surface area contributed by atoms with Crippen molar-refractivity contribution in [3.05, 3.63) is 88.1 Å². The smallest absolute Gasteiger partial charge is 0.388 e. The Bertz CT molecular complexity index is 1460. The van der Waals surface area contributed by atoms with Crippen LogP contribution in [0.2, 0.25) is 0 Å².